The van der Waals surface area contributed by atoms with Gasteiger partial charge in [0.1, 0.15) is 6.10 Å². The van der Waals surface area contributed by atoms with Crippen LogP contribution in [0.4, 0.5) is 0 Å². The molecule has 1 aromatic rings. The van der Waals surface area contributed by atoms with Gasteiger partial charge in [-0.3, -0.25) is 0 Å². The summed E-state index contributed by atoms with van der Waals surface area (Å²) in [4.78, 5) is 0. The number of unbranched alkanes of at least 4 members (excludes halogenated alkanes) is 2. The fourth-order valence-corrected chi connectivity index (χ4v) is 2.20. The van der Waals surface area contributed by atoms with Crippen LogP contribution in [-0.4, -0.2) is 6.10 Å². The Kier molecular flexibility index (Phi) is 4.84. The Balaban J connectivity index is 2.04. The lowest BCUT2D eigenvalue weighted by Crippen LogP contribution is -1.91. The van der Waals surface area contributed by atoms with Crippen molar-refractivity contribution in [1.29, 1.82) is 0 Å². The second-order valence-electron chi connectivity index (χ2n) is 4.88. The fraction of sp³-hybridized carbons (Fsp3) is 0.529. The number of epoxide rings is 1. The number of rotatable bonds is 5. The van der Waals surface area contributed by atoms with Gasteiger partial charge in [-0.15, -0.1) is 0 Å². The van der Waals surface area contributed by atoms with Gasteiger partial charge in [-0.2, -0.15) is 0 Å². The zero-order chi connectivity index (χ0) is 12.8. The van der Waals surface area contributed by atoms with Crippen molar-refractivity contribution in [2.24, 2.45) is 0 Å². The molecule has 1 aliphatic heterocycles. The van der Waals surface area contributed by atoms with Crippen molar-refractivity contribution in [2.45, 2.75) is 58.2 Å². The molecule has 1 saturated heterocycles. The Labute approximate surface area is 111 Å². The van der Waals surface area contributed by atoms with Gasteiger partial charge in [0.05, 0.1) is 6.10 Å². The van der Waals surface area contributed by atoms with E-state index in [2.05, 4.69) is 50.0 Å². The van der Waals surface area contributed by atoms with E-state index in [0.717, 1.165) is 18.4 Å². The first kappa shape index (κ1) is 13.2. The van der Waals surface area contributed by atoms with Crippen LogP contribution in [0.15, 0.2) is 24.3 Å². The second kappa shape index (κ2) is 6.61. The van der Waals surface area contributed by atoms with Crippen LogP contribution >= 0.6 is 0 Å². The largest absolute Gasteiger partial charge is 0.364 e. The van der Waals surface area contributed by atoms with Gasteiger partial charge >= 0.3 is 0 Å². The molecule has 1 heteroatoms. The third-order valence-electron chi connectivity index (χ3n) is 3.30. The molecule has 0 N–H and O–H groups in total. The first-order valence-corrected chi connectivity index (χ1v) is 7.10. The SMILES string of the molecule is CCCCC#Cc1ccccc1C1OC1CCC. The zero-order valence-corrected chi connectivity index (χ0v) is 11.4. The second-order valence-corrected chi connectivity index (χ2v) is 4.88. The fourth-order valence-electron chi connectivity index (χ4n) is 2.20. The predicted octanol–water partition coefficient (Wildman–Crippen LogP) is 4.47. The lowest BCUT2D eigenvalue weighted by molar-refractivity contribution is 0.364. The number of hydrogen-bond donors (Lipinski definition) is 0. The monoisotopic (exact) mass is 242 g/mol. The maximum atomic E-state index is 5.74. The molecule has 18 heavy (non-hydrogen) atoms. The summed E-state index contributed by atoms with van der Waals surface area (Å²) in [5.74, 6) is 6.57. The molecule has 1 fully saturated rings. The molecule has 1 aromatic carbocycles. The van der Waals surface area contributed by atoms with Crippen LogP contribution in [0.25, 0.3) is 0 Å². The highest BCUT2D eigenvalue weighted by atomic mass is 16.6. The van der Waals surface area contributed by atoms with E-state index in [1.54, 1.807) is 0 Å². The Morgan fingerprint density at radius 3 is 2.78 bits per heavy atom. The molecule has 2 atom stereocenters. The van der Waals surface area contributed by atoms with E-state index in [0.29, 0.717) is 12.2 Å². The minimum atomic E-state index is 0.293. The molecule has 2 rings (SSSR count). The number of ether oxygens (including phenoxy) is 1. The number of hydrogen-bond acceptors (Lipinski definition) is 1. The highest BCUT2D eigenvalue weighted by Crippen LogP contribution is 2.42. The van der Waals surface area contributed by atoms with E-state index in [1.165, 1.54) is 24.8 Å². The molecule has 0 aromatic heterocycles. The Bertz CT molecular complexity index is 438. The van der Waals surface area contributed by atoms with E-state index in [9.17, 15) is 0 Å². The summed E-state index contributed by atoms with van der Waals surface area (Å²) in [5.41, 5.74) is 2.43. The van der Waals surface area contributed by atoms with Crippen LogP contribution in [0.3, 0.4) is 0 Å². The molecule has 0 bridgehead atoms. The molecule has 1 aliphatic rings. The summed E-state index contributed by atoms with van der Waals surface area (Å²) in [5, 5.41) is 0. The highest BCUT2D eigenvalue weighted by molar-refractivity contribution is 5.44. The van der Waals surface area contributed by atoms with Crippen molar-refractivity contribution in [1.82, 2.24) is 0 Å². The van der Waals surface area contributed by atoms with Gasteiger partial charge in [0.15, 0.2) is 0 Å². The van der Waals surface area contributed by atoms with Crippen molar-refractivity contribution in [2.75, 3.05) is 0 Å². The Morgan fingerprint density at radius 2 is 2.00 bits per heavy atom. The normalized spacial score (nSPS) is 21.2. The summed E-state index contributed by atoms with van der Waals surface area (Å²) >= 11 is 0. The smallest absolute Gasteiger partial charge is 0.110 e. The molecular formula is C17H22O. The van der Waals surface area contributed by atoms with Gasteiger partial charge < -0.3 is 4.74 Å². The summed E-state index contributed by atoms with van der Waals surface area (Å²) in [6.45, 7) is 4.40. The Morgan fingerprint density at radius 1 is 1.17 bits per heavy atom. The van der Waals surface area contributed by atoms with Gasteiger partial charge in [0.2, 0.25) is 0 Å². The van der Waals surface area contributed by atoms with Crippen molar-refractivity contribution < 1.29 is 4.74 Å². The average molecular weight is 242 g/mol. The topological polar surface area (TPSA) is 12.5 Å². The van der Waals surface area contributed by atoms with Gasteiger partial charge in [-0.1, -0.05) is 56.7 Å². The first-order chi connectivity index (χ1) is 8.86. The maximum Gasteiger partial charge on any atom is 0.110 e. The predicted molar refractivity (Wildman–Crippen MR) is 75.4 cm³/mol. The molecule has 0 spiro atoms. The third-order valence-corrected chi connectivity index (χ3v) is 3.30. The summed E-state index contributed by atoms with van der Waals surface area (Å²) in [6.07, 6.45) is 6.45. The average Bonchev–Trinajstić information content (AvgIpc) is 3.15. The van der Waals surface area contributed by atoms with Gasteiger partial charge in [-0.05, 0) is 24.5 Å². The third kappa shape index (κ3) is 3.37. The molecule has 0 aliphatic carbocycles. The van der Waals surface area contributed by atoms with Crippen LogP contribution in [0.2, 0.25) is 0 Å². The minimum Gasteiger partial charge on any atom is -0.364 e. The van der Waals surface area contributed by atoms with Crippen LogP contribution in [0, 0.1) is 11.8 Å². The van der Waals surface area contributed by atoms with Crippen molar-refractivity contribution >= 4 is 0 Å². The zero-order valence-electron chi connectivity index (χ0n) is 11.4. The molecule has 0 amide bonds. The van der Waals surface area contributed by atoms with E-state index in [-0.39, 0.29) is 0 Å². The lowest BCUT2D eigenvalue weighted by Gasteiger charge is -2.00. The van der Waals surface area contributed by atoms with Crippen LogP contribution in [0.5, 0.6) is 0 Å². The molecule has 0 radical (unpaired) electrons. The summed E-state index contributed by atoms with van der Waals surface area (Å²) < 4.78 is 5.74. The van der Waals surface area contributed by atoms with E-state index >= 15 is 0 Å². The van der Waals surface area contributed by atoms with Crippen molar-refractivity contribution in [3.8, 4) is 11.8 Å². The minimum absolute atomic E-state index is 0.293. The van der Waals surface area contributed by atoms with Gasteiger partial charge in [-0.25, -0.2) is 0 Å². The molecule has 1 heterocycles. The Hall–Kier alpha value is -1.26. The number of benzene rings is 1. The molecule has 1 nitrogen and oxygen atoms in total. The standard InChI is InChI=1S/C17H22O/c1-3-5-6-7-11-14-12-8-9-13-15(14)17-16(18-17)10-4-2/h8-9,12-13,16-17H,3-6,10H2,1-2H3. The summed E-state index contributed by atoms with van der Waals surface area (Å²) in [7, 11) is 0. The first-order valence-electron chi connectivity index (χ1n) is 7.10. The lowest BCUT2D eigenvalue weighted by atomic mass is 10.0. The van der Waals surface area contributed by atoms with Gasteiger partial charge in [0.25, 0.3) is 0 Å². The molecule has 0 saturated carbocycles. The summed E-state index contributed by atoms with van der Waals surface area (Å²) in [6, 6.07) is 8.41. The van der Waals surface area contributed by atoms with Gasteiger partial charge in [0, 0.05) is 12.0 Å². The molecule has 2 unspecified atom stereocenters. The van der Waals surface area contributed by atoms with Crippen molar-refractivity contribution in [3.05, 3.63) is 35.4 Å². The van der Waals surface area contributed by atoms with Crippen LogP contribution < -0.4 is 0 Å². The highest BCUT2D eigenvalue weighted by Gasteiger charge is 2.39. The van der Waals surface area contributed by atoms with E-state index in [4.69, 9.17) is 4.74 Å². The molecular weight excluding hydrogens is 220 g/mol. The maximum absolute atomic E-state index is 5.74. The van der Waals surface area contributed by atoms with E-state index in [1.807, 2.05) is 0 Å². The van der Waals surface area contributed by atoms with Crippen molar-refractivity contribution in [3.63, 3.8) is 0 Å². The van der Waals surface area contributed by atoms with E-state index < -0.39 is 0 Å². The van der Waals surface area contributed by atoms with Crippen LogP contribution in [-0.2, 0) is 4.74 Å². The quantitative estimate of drug-likeness (QED) is 0.421. The van der Waals surface area contributed by atoms with Crippen LogP contribution in [0.1, 0.15) is 63.2 Å². The molecule has 96 valence electrons.